The summed E-state index contributed by atoms with van der Waals surface area (Å²) >= 11 is 0. The molecule has 118 valence electrons. The summed E-state index contributed by atoms with van der Waals surface area (Å²) in [5.41, 5.74) is 2.54. The van der Waals surface area contributed by atoms with Crippen molar-refractivity contribution in [1.29, 1.82) is 0 Å². The van der Waals surface area contributed by atoms with E-state index in [2.05, 4.69) is 29.2 Å². The van der Waals surface area contributed by atoms with Gasteiger partial charge in [-0.3, -0.25) is 4.79 Å². The lowest BCUT2D eigenvalue weighted by Gasteiger charge is -2.38. The second-order valence-electron chi connectivity index (χ2n) is 6.98. The van der Waals surface area contributed by atoms with Gasteiger partial charge in [-0.1, -0.05) is 26.0 Å². The summed E-state index contributed by atoms with van der Waals surface area (Å²) in [7, 11) is 0. The number of anilines is 1. The number of ketones is 1. The summed E-state index contributed by atoms with van der Waals surface area (Å²) in [6.07, 6.45) is 2.81. The molecule has 2 N–H and O–H groups in total. The maximum absolute atomic E-state index is 12.8. The molecule has 0 saturated heterocycles. The van der Waals surface area contributed by atoms with Gasteiger partial charge in [-0.2, -0.15) is 10.1 Å². The SMILES string of the molecule is CC1(C)CC(=O)C2=C(C1)Nc1ncnn1[C@@H]2c1ccc(O)cc1. The molecule has 0 amide bonds. The second kappa shape index (κ2) is 4.68. The number of aromatic nitrogens is 3. The Bertz CT molecular complexity index is 817. The van der Waals surface area contributed by atoms with Gasteiger partial charge in [-0.15, -0.1) is 0 Å². The van der Waals surface area contributed by atoms with E-state index >= 15 is 0 Å². The van der Waals surface area contributed by atoms with Crippen molar-refractivity contribution >= 4 is 11.7 Å². The summed E-state index contributed by atoms with van der Waals surface area (Å²) in [5, 5.41) is 17.1. The molecule has 6 heteroatoms. The maximum atomic E-state index is 12.8. The Morgan fingerprint density at radius 2 is 2.00 bits per heavy atom. The number of benzene rings is 1. The molecule has 4 rings (SSSR count). The first-order chi connectivity index (χ1) is 10.9. The van der Waals surface area contributed by atoms with Crippen LogP contribution in [0, 0.1) is 5.41 Å². The lowest BCUT2D eigenvalue weighted by molar-refractivity contribution is -0.118. The number of hydrogen-bond acceptors (Lipinski definition) is 5. The lowest BCUT2D eigenvalue weighted by atomic mass is 9.73. The monoisotopic (exact) mass is 310 g/mol. The van der Waals surface area contributed by atoms with Gasteiger partial charge in [0.25, 0.3) is 0 Å². The van der Waals surface area contributed by atoms with E-state index in [1.165, 1.54) is 6.33 Å². The van der Waals surface area contributed by atoms with E-state index in [4.69, 9.17) is 0 Å². The third-order valence-electron chi connectivity index (χ3n) is 4.48. The Kier molecular flexibility index (Phi) is 2.85. The molecule has 1 atom stereocenters. The summed E-state index contributed by atoms with van der Waals surface area (Å²) in [6.45, 7) is 4.20. The van der Waals surface area contributed by atoms with Crippen LogP contribution in [-0.2, 0) is 4.79 Å². The zero-order valence-corrected chi connectivity index (χ0v) is 13.1. The standard InChI is InChI=1S/C17H18N4O2/c1-17(2)7-12-14(13(23)8-17)15(10-3-5-11(22)6-4-10)21-16(20-12)18-9-19-21/h3-6,9,15,22H,7-8H2,1-2H3,(H,18,19,20)/t15-/m1/s1. The quantitative estimate of drug-likeness (QED) is 0.846. The van der Waals surface area contributed by atoms with Crippen molar-refractivity contribution in [3.8, 4) is 5.75 Å². The topological polar surface area (TPSA) is 80.0 Å². The zero-order valence-electron chi connectivity index (χ0n) is 13.1. The Balaban J connectivity index is 1.89. The third kappa shape index (κ3) is 2.21. The lowest BCUT2D eigenvalue weighted by Crippen LogP contribution is -2.36. The number of carbonyl (C=O) groups excluding carboxylic acids is 1. The largest absolute Gasteiger partial charge is 0.508 e. The van der Waals surface area contributed by atoms with Crippen LogP contribution in [-0.4, -0.2) is 25.7 Å². The number of nitrogens with zero attached hydrogens (tertiary/aromatic N) is 3. The van der Waals surface area contributed by atoms with Crippen LogP contribution in [0.3, 0.4) is 0 Å². The van der Waals surface area contributed by atoms with Gasteiger partial charge in [0.1, 0.15) is 18.1 Å². The highest BCUT2D eigenvalue weighted by molar-refractivity contribution is 6.00. The highest BCUT2D eigenvalue weighted by atomic mass is 16.3. The fourth-order valence-corrected chi connectivity index (χ4v) is 3.51. The molecule has 6 nitrogen and oxygen atoms in total. The van der Waals surface area contributed by atoms with E-state index in [9.17, 15) is 9.90 Å². The predicted octanol–water partition coefficient (Wildman–Crippen LogP) is 2.64. The van der Waals surface area contributed by atoms with Crippen LogP contribution < -0.4 is 5.32 Å². The van der Waals surface area contributed by atoms with E-state index < -0.39 is 0 Å². The molecule has 1 aromatic carbocycles. The summed E-state index contributed by atoms with van der Waals surface area (Å²) in [4.78, 5) is 17.1. The second-order valence-corrected chi connectivity index (χ2v) is 6.98. The molecule has 1 aliphatic heterocycles. The van der Waals surface area contributed by atoms with Crippen molar-refractivity contribution in [3.63, 3.8) is 0 Å². The van der Waals surface area contributed by atoms with E-state index in [-0.39, 0.29) is 23.0 Å². The molecule has 1 aromatic heterocycles. The molecule has 0 spiro atoms. The molecule has 0 fully saturated rings. The van der Waals surface area contributed by atoms with Gasteiger partial charge >= 0.3 is 0 Å². The Morgan fingerprint density at radius 1 is 1.26 bits per heavy atom. The number of Topliss-reactive ketones (excluding diaryl/α,β-unsaturated/α-hetero) is 1. The average molecular weight is 310 g/mol. The van der Waals surface area contributed by atoms with Gasteiger partial charge in [-0.25, -0.2) is 4.68 Å². The summed E-state index contributed by atoms with van der Waals surface area (Å²) in [6, 6.07) is 6.62. The van der Waals surface area contributed by atoms with Crippen LogP contribution >= 0.6 is 0 Å². The molecular weight excluding hydrogens is 292 g/mol. The minimum Gasteiger partial charge on any atom is -0.508 e. The molecule has 0 saturated carbocycles. The van der Waals surface area contributed by atoms with Crippen LogP contribution in [0.1, 0.15) is 38.3 Å². The van der Waals surface area contributed by atoms with Gasteiger partial charge in [0.2, 0.25) is 5.95 Å². The number of rotatable bonds is 1. The van der Waals surface area contributed by atoms with Crippen LogP contribution in [0.2, 0.25) is 0 Å². The predicted molar refractivity (Wildman–Crippen MR) is 84.9 cm³/mol. The van der Waals surface area contributed by atoms with E-state index in [1.807, 2.05) is 12.1 Å². The zero-order chi connectivity index (χ0) is 16.2. The Hall–Kier alpha value is -2.63. The van der Waals surface area contributed by atoms with Crippen LogP contribution in [0.15, 0.2) is 41.9 Å². The van der Waals surface area contributed by atoms with Gasteiger partial charge in [0.15, 0.2) is 5.78 Å². The molecule has 23 heavy (non-hydrogen) atoms. The van der Waals surface area contributed by atoms with Crippen molar-refractivity contribution in [2.75, 3.05) is 5.32 Å². The number of nitrogens with one attached hydrogen (secondary N) is 1. The van der Waals surface area contributed by atoms with Gasteiger partial charge in [0, 0.05) is 17.7 Å². The molecular formula is C17H18N4O2. The highest BCUT2D eigenvalue weighted by Gasteiger charge is 2.41. The molecule has 1 aliphatic carbocycles. The van der Waals surface area contributed by atoms with Crippen molar-refractivity contribution in [2.24, 2.45) is 5.41 Å². The van der Waals surface area contributed by atoms with E-state index in [0.717, 1.165) is 23.3 Å². The molecule has 2 aromatic rings. The van der Waals surface area contributed by atoms with Crippen molar-refractivity contribution in [1.82, 2.24) is 14.8 Å². The molecule has 2 heterocycles. The number of hydrogen-bond donors (Lipinski definition) is 2. The number of phenolic OH excluding ortho intramolecular Hbond substituents is 1. The Morgan fingerprint density at radius 3 is 2.74 bits per heavy atom. The van der Waals surface area contributed by atoms with Crippen LogP contribution in [0.25, 0.3) is 0 Å². The van der Waals surface area contributed by atoms with Gasteiger partial charge in [0.05, 0.1) is 0 Å². The van der Waals surface area contributed by atoms with E-state index in [1.54, 1.807) is 16.8 Å². The maximum Gasteiger partial charge on any atom is 0.226 e. The van der Waals surface area contributed by atoms with Crippen LogP contribution in [0.5, 0.6) is 5.75 Å². The third-order valence-corrected chi connectivity index (χ3v) is 4.48. The average Bonchev–Trinajstić information content (AvgIpc) is 2.92. The number of fused-ring (bicyclic) bond motifs is 1. The smallest absolute Gasteiger partial charge is 0.226 e. The van der Waals surface area contributed by atoms with Gasteiger partial charge in [-0.05, 0) is 29.5 Å². The highest BCUT2D eigenvalue weighted by Crippen LogP contribution is 2.45. The van der Waals surface area contributed by atoms with Crippen molar-refractivity contribution < 1.29 is 9.90 Å². The van der Waals surface area contributed by atoms with Crippen LogP contribution in [0.4, 0.5) is 5.95 Å². The first-order valence-corrected chi connectivity index (χ1v) is 7.66. The van der Waals surface area contributed by atoms with Crippen molar-refractivity contribution in [3.05, 3.63) is 47.4 Å². The Labute approximate surface area is 133 Å². The van der Waals surface area contributed by atoms with Crippen molar-refractivity contribution in [2.45, 2.75) is 32.7 Å². The van der Waals surface area contributed by atoms with Gasteiger partial charge < -0.3 is 10.4 Å². The minimum absolute atomic E-state index is 0.0649. The first-order valence-electron chi connectivity index (χ1n) is 7.66. The molecule has 0 bridgehead atoms. The molecule has 2 aliphatic rings. The summed E-state index contributed by atoms with van der Waals surface area (Å²) < 4.78 is 1.74. The summed E-state index contributed by atoms with van der Waals surface area (Å²) in [5.74, 6) is 0.988. The fraction of sp³-hybridized carbons (Fsp3) is 0.353. The van der Waals surface area contributed by atoms with E-state index in [0.29, 0.717) is 12.4 Å². The number of phenols is 1. The fourth-order valence-electron chi connectivity index (χ4n) is 3.51. The number of carbonyl (C=O) groups is 1. The number of allylic oxidation sites excluding steroid dienone is 2. The number of aromatic hydroxyl groups is 1. The minimum atomic E-state index is -0.298. The normalized spacial score (nSPS) is 22.3. The first kappa shape index (κ1) is 14.0. The molecule has 0 radical (unpaired) electrons. The molecule has 0 unspecified atom stereocenters.